The number of anilines is 1. The fraction of sp³-hybridized carbons (Fsp3) is 0.609. The molecule has 5 rings (SSSR count). The molecule has 1 aromatic heterocycles. The van der Waals surface area contributed by atoms with Gasteiger partial charge in [0.25, 0.3) is 6.43 Å². The van der Waals surface area contributed by atoms with Crippen LogP contribution in [0.1, 0.15) is 49.8 Å². The Morgan fingerprint density at radius 3 is 2.91 bits per heavy atom. The molecule has 32 heavy (non-hydrogen) atoms. The monoisotopic (exact) mass is 445 g/mol. The number of carbonyl (C=O) groups is 1. The van der Waals surface area contributed by atoms with E-state index in [0.29, 0.717) is 31.9 Å². The van der Waals surface area contributed by atoms with Crippen LogP contribution >= 0.6 is 0 Å². The summed E-state index contributed by atoms with van der Waals surface area (Å²) in [5.41, 5.74) is 2.39. The van der Waals surface area contributed by atoms with Gasteiger partial charge in [0.1, 0.15) is 24.2 Å². The predicted octanol–water partition coefficient (Wildman–Crippen LogP) is 3.46. The molecule has 0 radical (unpaired) electrons. The third kappa shape index (κ3) is 4.17. The molecule has 0 bridgehead atoms. The molecule has 1 amide bonds. The number of aryl methyl sites for hydroxylation is 1. The molecule has 1 aromatic carbocycles. The quantitative estimate of drug-likeness (QED) is 0.763. The Kier molecular flexibility index (Phi) is 5.73. The molecule has 2 aromatic rings. The lowest BCUT2D eigenvalue weighted by Crippen LogP contribution is -2.46. The average molecular weight is 446 g/mol. The summed E-state index contributed by atoms with van der Waals surface area (Å²) in [4.78, 5) is 18.8. The third-order valence-corrected chi connectivity index (χ3v) is 7.04. The number of ether oxygens (including phenoxy) is 1. The Morgan fingerprint density at radius 1 is 1.31 bits per heavy atom. The number of halogens is 2. The molecule has 0 unspecified atom stereocenters. The Labute approximate surface area is 186 Å². The fourth-order valence-corrected chi connectivity index (χ4v) is 5.29. The number of piperidine rings is 1. The lowest BCUT2D eigenvalue weighted by Gasteiger charge is -2.40. The number of likely N-dealkylation sites (tertiary alicyclic amines) is 1. The topological polar surface area (TPSA) is 72.3 Å². The van der Waals surface area contributed by atoms with E-state index in [0.717, 1.165) is 31.4 Å². The van der Waals surface area contributed by atoms with Gasteiger partial charge in [0.15, 0.2) is 0 Å². The Bertz CT molecular complexity index is 973. The molecule has 0 spiro atoms. The summed E-state index contributed by atoms with van der Waals surface area (Å²) in [5, 5.41) is 7.23. The first kappa shape index (κ1) is 21.2. The van der Waals surface area contributed by atoms with Gasteiger partial charge in [0.05, 0.1) is 0 Å². The number of benzene rings is 1. The van der Waals surface area contributed by atoms with E-state index < -0.39 is 12.5 Å². The van der Waals surface area contributed by atoms with E-state index in [1.54, 1.807) is 0 Å². The summed E-state index contributed by atoms with van der Waals surface area (Å²) in [5.74, 6) is 1.78. The fourth-order valence-electron chi connectivity index (χ4n) is 5.29. The number of alkyl halides is 2. The SMILES string of the molecule is C[C@H]1Cc2cc(CCC(=O)N3CCC([C@@H]4C[C@H](C(F)F)n5ncnc5N4)CC3)ccc2O1. The number of rotatable bonds is 5. The number of fused-ring (bicyclic) bond motifs is 2. The first-order chi connectivity index (χ1) is 15.5. The van der Waals surface area contributed by atoms with E-state index in [4.69, 9.17) is 4.74 Å². The van der Waals surface area contributed by atoms with Crippen molar-refractivity contribution in [3.63, 3.8) is 0 Å². The van der Waals surface area contributed by atoms with E-state index in [9.17, 15) is 13.6 Å². The second-order valence-corrected chi connectivity index (χ2v) is 9.21. The van der Waals surface area contributed by atoms with Crippen LogP contribution in [0.3, 0.4) is 0 Å². The van der Waals surface area contributed by atoms with Crippen molar-refractivity contribution in [3.8, 4) is 5.75 Å². The van der Waals surface area contributed by atoms with Crippen LogP contribution in [0.5, 0.6) is 5.75 Å². The first-order valence-electron chi connectivity index (χ1n) is 11.5. The van der Waals surface area contributed by atoms with E-state index in [2.05, 4.69) is 28.4 Å². The van der Waals surface area contributed by atoms with Crippen molar-refractivity contribution in [2.24, 2.45) is 5.92 Å². The number of carbonyl (C=O) groups excluding carboxylic acids is 1. The van der Waals surface area contributed by atoms with E-state index in [1.807, 2.05) is 17.0 Å². The lowest BCUT2D eigenvalue weighted by atomic mass is 9.85. The summed E-state index contributed by atoms with van der Waals surface area (Å²) in [6.45, 7) is 3.40. The second kappa shape index (κ2) is 8.67. The first-order valence-corrected chi connectivity index (χ1v) is 11.5. The van der Waals surface area contributed by atoms with Gasteiger partial charge in [-0.05, 0) is 55.7 Å². The summed E-state index contributed by atoms with van der Waals surface area (Å²) < 4.78 is 34.1. The van der Waals surface area contributed by atoms with Crippen LogP contribution in [0.4, 0.5) is 14.7 Å². The van der Waals surface area contributed by atoms with Crippen LogP contribution < -0.4 is 10.1 Å². The van der Waals surface area contributed by atoms with Crippen molar-refractivity contribution in [1.29, 1.82) is 0 Å². The minimum Gasteiger partial charge on any atom is -0.490 e. The highest BCUT2D eigenvalue weighted by Gasteiger charge is 2.38. The molecule has 7 nitrogen and oxygen atoms in total. The number of nitrogens with zero attached hydrogens (tertiary/aromatic N) is 4. The van der Waals surface area contributed by atoms with Gasteiger partial charge in [0, 0.05) is 32.0 Å². The van der Waals surface area contributed by atoms with Gasteiger partial charge in [-0.15, -0.1) is 0 Å². The third-order valence-electron chi connectivity index (χ3n) is 7.04. The number of hydrogen-bond acceptors (Lipinski definition) is 5. The Morgan fingerprint density at radius 2 is 2.12 bits per heavy atom. The molecule has 1 fully saturated rings. The summed E-state index contributed by atoms with van der Waals surface area (Å²) >= 11 is 0. The van der Waals surface area contributed by atoms with Gasteiger partial charge in [-0.25, -0.2) is 13.5 Å². The van der Waals surface area contributed by atoms with Crippen molar-refractivity contribution < 1.29 is 18.3 Å². The van der Waals surface area contributed by atoms with E-state index in [-0.39, 0.29) is 24.0 Å². The van der Waals surface area contributed by atoms with E-state index in [1.165, 1.54) is 22.1 Å². The van der Waals surface area contributed by atoms with Gasteiger partial charge in [-0.2, -0.15) is 10.1 Å². The normalized spacial score (nSPS) is 25.2. The zero-order valence-corrected chi connectivity index (χ0v) is 18.2. The van der Waals surface area contributed by atoms with Gasteiger partial charge < -0.3 is 15.0 Å². The van der Waals surface area contributed by atoms with Gasteiger partial charge in [0.2, 0.25) is 11.9 Å². The Hall–Kier alpha value is -2.71. The molecule has 9 heteroatoms. The molecule has 4 heterocycles. The minimum atomic E-state index is -2.48. The molecule has 3 aliphatic rings. The van der Waals surface area contributed by atoms with Gasteiger partial charge >= 0.3 is 0 Å². The smallest absolute Gasteiger partial charge is 0.260 e. The highest BCUT2D eigenvalue weighted by molar-refractivity contribution is 5.76. The van der Waals surface area contributed by atoms with Crippen LogP contribution in [0, 0.1) is 5.92 Å². The maximum atomic E-state index is 13.5. The molecule has 1 N–H and O–H groups in total. The molecule has 172 valence electrons. The largest absolute Gasteiger partial charge is 0.490 e. The average Bonchev–Trinajstić information content (AvgIpc) is 3.41. The van der Waals surface area contributed by atoms with Crippen molar-refractivity contribution >= 4 is 11.9 Å². The molecule has 1 saturated heterocycles. The number of amides is 1. The predicted molar refractivity (Wildman–Crippen MR) is 115 cm³/mol. The molecule has 3 aliphatic heterocycles. The second-order valence-electron chi connectivity index (χ2n) is 9.21. The summed E-state index contributed by atoms with van der Waals surface area (Å²) in [7, 11) is 0. The highest BCUT2D eigenvalue weighted by Crippen LogP contribution is 2.35. The van der Waals surface area contributed by atoms with Gasteiger partial charge in [-0.3, -0.25) is 4.79 Å². The van der Waals surface area contributed by atoms with Crippen molar-refractivity contribution in [3.05, 3.63) is 35.7 Å². The molecular formula is C23H29F2N5O2. The van der Waals surface area contributed by atoms with Crippen molar-refractivity contribution in [2.75, 3.05) is 18.4 Å². The van der Waals surface area contributed by atoms with Crippen LogP contribution in [-0.2, 0) is 17.6 Å². The molecule has 0 aliphatic carbocycles. The summed E-state index contributed by atoms with van der Waals surface area (Å²) in [6.07, 6.45) is 3.12. The zero-order valence-electron chi connectivity index (χ0n) is 18.2. The maximum Gasteiger partial charge on any atom is 0.260 e. The standard InChI is InChI=1S/C23H29F2N5O2/c1-14-10-17-11-15(2-4-20(17)32-14)3-5-21(31)29-8-6-16(7-9-29)18-12-19(22(24)25)30-23(28-18)26-13-27-30/h2,4,11,13-14,16,18-19,22H,3,5-10,12H2,1H3,(H,26,27,28)/t14-,18-,19+/m0/s1. The molecular weight excluding hydrogens is 416 g/mol. The Balaban J connectivity index is 1.13. The zero-order chi connectivity index (χ0) is 22.2. The molecule has 3 atom stereocenters. The van der Waals surface area contributed by atoms with Crippen LogP contribution in [0.2, 0.25) is 0 Å². The lowest BCUT2D eigenvalue weighted by molar-refractivity contribution is -0.132. The summed E-state index contributed by atoms with van der Waals surface area (Å²) in [6, 6.07) is 5.20. The van der Waals surface area contributed by atoms with Crippen LogP contribution in [0.15, 0.2) is 24.5 Å². The maximum absolute atomic E-state index is 13.5. The van der Waals surface area contributed by atoms with Crippen LogP contribution in [-0.4, -0.2) is 57.2 Å². The number of hydrogen-bond donors (Lipinski definition) is 1. The highest BCUT2D eigenvalue weighted by atomic mass is 19.3. The van der Waals surface area contributed by atoms with Crippen molar-refractivity contribution in [2.45, 2.75) is 70.1 Å². The minimum absolute atomic E-state index is 0.0704. The van der Waals surface area contributed by atoms with Gasteiger partial charge in [-0.1, -0.05) is 12.1 Å². The number of aromatic nitrogens is 3. The molecule has 0 saturated carbocycles. The van der Waals surface area contributed by atoms with E-state index >= 15 is 0 Å². The van der Waals surface area contributed by atoms with Crippen LogP contribution in [0.25, 0.3) is 0 Å². The van der Waals surface area contributed by atoms with Crippen molar-refractivity contribution in [1.82, 2.24) is 19.7 Å². The number of nitrogens with one attached hydrogen (secondary N) is 1.